The minimum absolute atomic E-state index is 0.361. The molecule has 0 unspecified atom stereocenters. The average molecular weight is 314 g/mol. The SMILES string of the molecule is CC.Clc1nc2c(c(NC3CC4(COC4)C3)n1)SCC2. The number of thioether (sulfide) groups is 1. The molecule has 6 heteroatoms. The van der Waals surface area contributed by atoms with Gasteiger partial charge in [0, 0.05) is 23.6 Å². The highest BCUT2D eigenvalue weighted by molar-refractivity contribution is 7.99. The van der Waals surface area contributed by atoms with Crippen LogP contribution in [0, 0.1) is 5.41 Å². The van der Waals surface area contributed by atoms with Gasteiger partial charge in [-0.2, -0.15) is 4.98 Å². The number of rotatable bonds is 2. The second-order valence-corrected chi connectivity index (χ2v) is 6.90. The molecule has 3 heterocycles. The van der Waals surface area contributed by atoms with Crippen LogP contribution >= 0.6 is 23.4 Å². The summed E-state index contributed by atoms with van der Waals surface area (Å²) in [5, 5.41) is 3.89. The van der Waals surface area contributed by atoms with Crippen LogP contribution in [0.2, 0.25) is 5.28 Å². The van der Waals surface area contributed by atoms with E-state index in [4.69, 9.17) is 16.3 Å². The van der Waals surface area contributed by atoms with E-state index < -0.39 is 0 Å². The zero-order chi connectivity index (χ0) is 14.2. The topological polar surface area (TPSA) is 47.0 Å². The normalized spacial score (nSPS) is 22.4. The first-order valence-corrected chi connectivity index (χ1v) is 8.64. The molecule has 110 valence electrons. The van der Waals surface area contributed by atoms with E-state index in [2.05, 4.69) is 15.3 Å². The van der Waals surface area contributed by atoms with Gasteiger partial charge in [-0.25, -0.2) is 4.98 Å². The van der Waals surface area contributed by atoms with Gasteiger partial charge in [-0.3, -0.25) is 0 Å². The third-order valence-corrected chi connectivity index (χ3v) is 5.30. The first kappa shape index (κ1) is 14.4. The molecule has 0 amide bonds. The van der Waals surface area contributed by atoms with Crippen LogP contribution in [-0.2, 0) is 11.2 Å². The summed E-state index contributed by atoms with van der Waals surface area (Å²) in [7, 11) is 0. The van der Waals surface area contributed by atoms with Crippen molar-refractivity contribution in [2.45, 2.75) is 44.0 Å². The largest absolute Gasteiger partial charge is 0.380 e. The van der Waals surface area contributed by atoms with Crippen molar-refractivity contribution >= 4 is 29.2 Å². The summed E-state index contributed by atoms with van der Waals surface area (Å²) in [6, 6.07) is 0.519. The maximum Gasteiger partial charge on any atom is 0.224 e. The standard InChI is InChI=1S/C12H14ClN3OS.C2H6/c13-11-15-8-1-2-18-9(8)10(16-11)14-7-3-12(4-7)5-17-6-12;1-2/h7H,1-6H2,(H,14,15,16);1-2H3. The fourth-order valence-electron chi connectivity index (χ4n) is 3.04. The lowest BCUT2D eigenvalue weighted by Crippen LogP contribution is -2.56. The molecule has 3 aliphatic rings. The van der Waals surface area contributed by atoms with E-state index in [-0.39, 0.29) is 0 Å². The average Bonchev–Trinajstić information content (AvgIpc) is 2.81. The van der Waals surface area contributed by atoms with Crippen molar-refractivity contribution < 1.29 is 4.74 Å². The second kappa shape index (κ2) is 5.70. The molecule has 0 atom stereocenters. The number of hydrogen-bond acceptors (Lipinski definition) is 5. The van der Waals surface area contributed by atoms with E-state index in [1.807, 2.05) is 25.6 Å². The Morgan fingerprint density at radius 3 is 2.70 bits per heavy atom. The third-order valence-electron chi connectivity index (χ3n) is 4.01. The van der Waals surface area contributed by atoms with E-state index >= 15 is 0 Å². The van der Waals surface area contributed by atoms with Gasteiger partial charge in [0.15, 0.2) is 0 Å². The molecule has 0 radical (unpaired) electrons. The molecule has 1 aromatic rings. The van der Waals surface area contributed by atoms with Gasteiger partial charge in [-0.05, 0) is 24.4 Å². The number of ether oxygens (including phenoxy) is 1. The van der Waals surface area contributed by atoms with Crippen molar-refractivity contribution in [2.75, 3.05) is 24.3 Å². The summed E-state index contributed by atoms with van der Waals surface area (Å²) in [4.78, 5) is 9.84. The van der Waals surface area contributed by atoms with E-state index in [1.54, 1.807) is 0 Å². The molecule has 0 bridgehead atoms. The molecule has 1 spiro atoms. The van der Waals surface area contributed by atoms with Crippen LogP contribution in [0.3, 0.4) is 0 Å². The van der Waals surface area contributed by atoms with Gasteiger partial charge >= 0.3 is 0 Å². The van der Waals surface area contributed by atoms with E-state index in [9.17, 15) is 0 Å². The highest BCUT2D eigenvalue weighted by Gasteiger charge is 2.50. The minimum atomic E-state index is 0.361. The molecule has 4 rings (SSSR count). The number of aromatic nitrogens is 2. The smallest absolute Gasteiger partial charge is 0.224 e. The maximum absolute atomic E-state index is 5.98. The first-order valence-electron chi connectivity index (χ1n) is 7.28. The number of halogens is 1. The first-order chi connectivity index (χ1) is 9.74. The molecule has 2 aliphatic heterocycles. The van der Waals surface area contributed by atoms with Crippen molar-refractivity contribution in [1.29, 1.82) is 0 Å². The lowest BCUT2D eigenvalue weighted by molar-refractivity contribution is -0.159. The zero-order valence-electron chi connectivity index (χ0n) is 11.9. The van der Waals surface area contributed by atoms with Gasteiger partial charge in [0.1, 0.15) is 5.82 Å². The number of anilines is 1. The predicted octanol–water partition coefficient (Wildman–Crippen LogP) is 3.40. The highest BCUT2D eigenvalue weighted by Crippen LogP contribution is 2.48. The van der Waals surface area contributed by atoms with E-state index in [0.29, 0.717) is 16.7 Å². The summed E-state index contributed by atoms with van der Waals surface area (Å²) >= 11 is 7.80. The molecular formula is C14H20ClN3OS. The Labute approximate surface area is 129 Å². The lowest BCUT2D eigenvalue weighted by Gasteiger charge is -2.53. The molecule has 1 aromatic heterocycles. The number of fused-ring (bicyclic) bond motifs is 1. The molecule has 20 heavy (non-hydrogen) atoms. The van der Waals surface area contributed by atoms with Crippen LogP contribution in [0.25, 0.3) is 0 Å². The van der Waals surface area contributed by atoms with Crippen LogP contribution < -0.4 is 5.32 Å². The summed E-state index contributed by atoms with van der Waals surface area (Å²) in [5.74, 6) is 2.02. The molecule has 1 saturated carbocycles. The Bertz CT molecular complexity index is 499. The Morgan fingerprint density at radius 1 is 1.30 bits per heavy atom. The number of hydrogen-bond donors (Lipinski definition) is 1. The van der Waals surface area contributed by atoms with Gasteiger partial charge in [-0.15, -0.1) is 11.8 Å². The quantitative estimate of drug-likeness (QED) is 0.848. The van der Waals surface area contributed by atoms with Gasteiger partial charge < -0.3 is 10.1 Å². The highest BCUT2D eigenvalue weighted by atomic mass is 35.5. The van der Waals surface area contributed by atoms with Crippen LogP contribution in [0.4, 0.5) is 5.82 Å². The number of nitrogens with one attached hydrogen (secondary N) is 1. The third kappa shape index (κ3) is 2.51. The fourth-order valence-corrected chi connectivity index (χ4v) is 4.28. The molecule has 0 aromatic carbocycles. The number of nitrogens with zero attached hydrogens (tertiary/aromatic N) is 2. The summed E-state index contributed by atoms with van der Waals surface area (Å²) in [6.45, 7) is 5.87. The van der Waals surface area contributed by atoms with Crippen molar-refractivity contribution in [2.24, 2.45) is 5.41 Å². The van der Waals surface area contributed by atoms with Crippen LogP contribution in [0.5, 0.6) is 0 Å². The zero-order valence-corrected chi connectivity index (χ0v) is 13.5. The van der Waals surface area contributed by atoms with Crippen LogP contribution in [0.1, 0.15) is 32.4 Å². The van der Waals surface area contributed by atoms with E-state index in [0.717, 1.165) is 36.9 Å². The van der Waals surface area contributed by atoms with Crippen molar-refractivity contribution in [3.63, 3.8) is 0 Å². The number of aryl methyl sites for hydroxylation is 1. The Morgan fingerprint density at radius 2 is 2.05 bits per heavy atom. The summed E-state index contributed by atoms with van der Waals surface area (Å²) in [6.07, 6.45) is 3.38. The summed E-state index contributed by atoms with van der Waals surface area (Å²) < 4.78 is 5.29. The molecule has 2 fully saturated rings. The molecule has 1 aliphatic carbocycles. The lowest BCUT2D eigenvalue weighted by atomic mass is 9.64. The molecule has 4 nitrogen and oxygen atoms in total. The van der Waals surface area contributed by atoms with Crippen LogP contribution in [-0.4, -0.2) is 35.0 Å². The van der Waals surface area contributed by atoms with Gasteiger partial charge in [-0.1, -0.05) is 13.8 Å². The van der Waals surface area contributed by atoms with Gasteiger partial charge in [0.2, 0.25) is 5.28 Å². The van der Waals surface area contributed by atoms with E-state index in [1.165, 1.54) is 17.7 Å². The predicted molar refractivity (Wildman–Crippen MR) is 82.7 cm³/mol. The fraction of sp³-hybridized carbons (Fsp3) is 0.714. The van der Waals surface area contributed by atoms with Crippen molar-refractivity contribution in [3.8, 4) is 0 Å². The van der Waals surface area contributed by atoms with Crippen LogP contribution in [0.15, 0.2) is 4.90 Å². The summed E-state index contributed by atoms with van der Waals surface area (Å²) in [5.41, 5.74) is 1.58. The molecular weight excluding hydrogens is 294 g/mol. The van der Waals surface area contributed by atoms with Gasteiger partial charge in [0.25, 0.3) is 0 Å². The molecule has 1 saturated heterocycles. The van der Waals surface area contributed by atoms with Crippen molar-refractivity contribution in [1.82, 2.24) is 9.97 Å². The Balaban J connectivity index is 0.000000581. The van der Waals surface area contributed by atoms with Crippen molar-refractivity contribution in [3.05, 3.63) is 11.0 Å². The second-order valence-electron chi connectivity index (χ2n) is 5.46. The Hall–Kier alpha value is -0.520. The Kier molecular flexibility index (Phi) is 4.11. The monoisotopic (exact) mass is 313 g/mol. The maximum atomic E-state index is 5.98. The molecule has 1 N–H and O–H groups in total. The van der Waals surface area contributed by atoms with Gasteiger partial charge in [0.05, 0.1) is 23.8 Å². The minimum Gasteiger partial charge on any atom is -0.380 e.